The van der Waals surface area contributed by atoms with Crippen LogP contribution in [0.1, 0.15) is 58.3 Å². The molecule has 0 spiro atoms. The molecule has 0 bridgehead atoms. The Kier molecular flexibility index (Phi) is 8.94. The van der Waals surface area contributed by atoms with Gasteiger partial charge in [-0.2, -0.15) is 0 Å². The van der Waals surface area contributed by atoms with Crippen LogP contribution in [0.15, 0.2) is 0 Å². The SMILES string of the molecule is CCCCCCCC(O)CCCS(C)(=O)=O. The smallest absolute Gasteiger partial charge is 0.147 e. The Bertz CT molecular complexity index is 247. The van der Waals surface area contributed by atoms with E-state index in [-0.39, 0.29) is 11.9 Å². The zero-order valence-corrected chi connectivity index (χ0v) is 11.4. The molecule has 0 aliphatic rings. The van der Waals surface area contributed by atoms with Crippen molar-refractivity contribution in [2.45, 2.75) is 64.4 Å². The monoisotopic (exact) mass is 250 g/mol. The lowest BCUT2D eigenvalue weighted by atomic mass is 10.1. The molecular weight excluding hydrogens is 224 g/mol. The van der Waals surface area contributed by atoms with Crippen molar-refractivity contribution in [1.82, 2.24) is 0 Å². The van der Waals surface area contributed by atoms with Gasteiger partial charge < -0.3 is 5.11 Å². The fraction of sp³-hybridized carbons (Fsp3) is 1.00. The van der Waals surface area contributed by atoms with Gasteiger partial charge in [0, 0.05) is 12.0 Å². The second-order valence-electron chi connectivity index (χ2n) is 4.63. The summed E-state index contributed by atoms with van der Waals surface area (Å²) in [4.78, 5) is 0. The summed E-state index contributed by atoms with van der Waals surface area (Å²) in [5.74, 6) is 0.194. The molecule has 0 aromatic heterocycles. The summed E-state index contributed by atoms with van der Waals surface area (Å²) in [6, 6.07) is 0. The largest absolute Gasteiger partial charge is 0.393 e. The van der Waals surface area contributed by atoms with Crippen LogP contribution in [0.2, 0.25) is 0 Å². The van der Waals surface area contributed by atoms with Crippen LogP contribution in [-0.2, 0) is 9.84 Å². The third kappa shape index (κ3) is 12.0. The van der Waals surface area contributed by atoms with Crippen LogP contribution in [0.25, 0.3) is 0 Å². The Labute approximate surface area is 100 Å². The minimum absolute atomic E-state index is 0.194. The maximum absolute atomic E-state index is 10.9. The molecular formula is C12H26O3S. The van der Waals surface area contributed by atoms with Gasteiger partial charge in [0.15, 0.2) is 0 Å². The minimum atomic E-state index is -2.86. The molecule has 0 saturated carbocycles. The number of rotatable bonds is 10. The average molecular weight is 250 g/mol. The van der Waals surface area contributed by atoms with Crippen molar-refractivity contribution in [2.75, 3.05) is 12.0 Å². The van der Waals surface area contributed by atoms with Crippen LogP contribution < -0.4 is 0 Å². The molecule has 0 rings (SSSR count). The average Bonchev–Trinajstić information content (AvgIpc) is 2.15. The molecule has 0 aliphatic heterocycles. The Hall–Kier alpha value is -0.0900. The predicted octanol–water partition coefficient (Wildman–Crippen LogP) is 2.53. The molecule has 1 unspecified atom stereocenters. The third-order valence-corrected chi connectivity index (χ3v) is 3.72. The maximum Gasteiger partial charge on any atom is 0.147 e. The van der Waals surface area contributed by atoms with E-state index in [0.717, 1.165) is 12.8 Å². The topological polar surface area (TPSA) is 54.4 Å². The van der Waals surface area contributed by atoms with Crippen molar-refractivity contribution in [3.05, 3.63) is 0 Å². The molecule has 0 aliphatic carbocycles. The van der Waals surface area contributed by atoms with Crippen LogP contribution in [0.4, 0.5) is 0 Å². The van der Waals surface area contributed by atoms with Gasteiger partial charge in [-0.15, -0.1) is 0 Å². The number of unbranched alkanes of at least 4 members (excludes halogenated alkanes) is 4. The van der Waals surface area contributed by atoms with E-state index in [2.05, 4.69) is 6.92 Å². The van der Waals surface area contributed by atoms with Crippen molar-refractivity contribution < 1.29 is 13.5 Å². The van der Waals surface area contributed by atoms with Gasteiger partial charge >= 0.3 is 0 Å². The molecule has 0 aromatic rings. The molecule has 0 amide bonds. The van der Waals surface area contributed by atoms with Gasteiger partial charge in [-0.3, -0.25) is 0 Å². The number of aliphatic hydroxyl groups excluding tert-OH is 1. The molecule has 1 N–H and O–H groups in total. The number of hydrogen-bond donors (Lipinski definition) is 1. The normalized spacial score (nSPS) is 13.9. The molecule has 0 aromatic carbocycles. The Morgan fingerprint density at radius 2 is 1.56 bits per heavy atom. The lowest BCUT2D eigenvalue weighted by Gasteiger charge is -2.09. The summed E-state index contributed by atoms with van der Waals surface area (Å²) >= 11 is 0. The highest BCUT2D eigenvalue weighted by atomic mass is 32.2. The summed E-state index contributed by atoms with van der Waals surface area (Å²) in [5.41, 5.74) is 0. The van der Waals surface area contributed by atoms with Crippen molar-refractivity contribution in [1.29, 1.82) is 0 Å². The maximum atomic E-state index is 10.9. The highest BCUT2D eigenvalue weighted by Crippen LogP contribution is 2.10. The second-order valence-corrected chi connectivity index (χ2v) is 6.89. The number of hydrogen-bond acceptors (Lipinski definition) is 3. The van der Waals surface area contributed by atoms with E-state index >= 15 is 0 Å². The van der Waals surface area contributed by atoms with Gasteiger partial charge in [0.25, 0.3) is 0 Å². The van der Waals surface area contributed by atoms with E-state index in [1.54, 1.807) is 0 Å². The highest BCUT2D eigenvalue weighted by Gasteiger charge is 2.07. The summed E-state index contributed by atoms with van der Waals surface area (Å²) in [7, 11) is -2.86. The lowest BCUT2D eigenvalue weighted by molar-refractivity contribution is 0.150. The van der Waals surface area contributed by atoms with Gasteiger partial charge in [0.05, 0.1) is 6.10 Å². The molecule has 3 nitrogen and oxygen atoms in total. The fourth-order valence-electron chi connectivity index (χ4n) is 1.71. The fourth-order valence-corrected chi connectivity index (χ4v) is 2.40. The molecule has 0 radical (unpaired) electrons. The molecule has 0 saturated heterocycles. The van der Waals surface area contributed by atoms with Crippen LogP contribution in [0.3, 0.4) is 0 Å². The van der Waals surface area contributed by atoms with Gasteiger partial charge in [0.2, 0.25) is 0 Å². The zero-order chi connectivity index (χ0) is 12.4. The van der Waals surface area contributed by atoms with E-state index in [4.69, 9.17) is 0 Å². The predicted molar refractivity (Wildman–Crippen MR) is 68.3 cm³/mol. The first-order chi connectivity index (χ1) is 7.45. The standard InChI is InChI=1S/C12H26O3S/c1-3-4-5-6-7-9-12(13)10-8-11-16(2,14)15/h12-13H,3-11H2,1-2H3. The van der Waals surface area contributed by atoms with Crippen molar-refractivity contribution in [3.63, 3.8) is 0 Å². The van der Waals surface area contributed by atoms with Crippen LogP contribution in [0.5, 0.6) is 0 Å². The number of aliphatic hydroxyl groups is 1. The quantitative estimate of drug-likeness (QED) is 0.606. The Balaban J connectivity index is 3.34. The van der Waals surface area contributed by atoms with E-state index in [1.807, 2.05) is 0 Å². The highest BCUT2D eigenvalue weighted by molar-refractivity contribution is 7.90. The van der Waals surface area contributed by atoms with Gasteiger partial charge in [0.1, 0.15) is 9.84 Å². The van der Waals surface area contributed by atoms with E-state index in [1.165, 1.54) is 31.9 Å². The minimum Gasteiger partial charge on any atom is -0.393 e. The first-order valence-electron chi connectivity index (χ1n) is 6.31. The van der Waals surface area contributed by atoms with Crippen LogP contribution >= 0.6 is 0 Å². The van der Waals surface area contributed by atoms with Crippen molar-refractivity contribution >= 4 is 9.84 Å². The first kappa shape index (κ1) is 15.9. The zero-order valence-electron chi connectivity index (χ0n) is 10.6. The summed E-state index contributed by atoms with van der Waals surface area (Å²) in [6.45, 7) is 2.18. The number of sulfone groups is 1. The first-order valence-corrected chi connectivity index (χ1v) is 8.37. The second kappa shape index (κ2) is 8.99. The van der Waals surface area contributed by atoms with E-state index in [9.17, 15) is 13.5 Å². The molecule has 0 heterocycles. The molecule has 0 fully saturated rings. The summed E-state index contributed by atoms with van der Waals surface area (Å²) in [5, 5.41) is 9.61. The molecule has 4 heteroatoms. The third-order valence-electron chi connectivity index (χ3n) is 2.69. The molecule has 1 atom stereocenters. The molecule has 16 heavy (non-hydrogen) atoms. The lowest BCUT2D eigenvalue weighted by Crippen LogP contribution is -2.10. The van der Waals surface area contributed by atoms with Gasteiger partial charge in [-0.05, 0) is 19.3 Å². The Morgan fingerprint density at radius 1 is 1.00 bits per heavy atom. The summed E-state index contributed by atoms with van der Waals surface area (Å²) in [6.07, 6.45) is 8.90. The van der Waals surface area contributed by atoms with E-state index in [0.29, 0.717) is 12.8 Å². The molecule has 98 valence electrons. The van der Waals surface area contributed by atoms with Crippen molar-refractivity contribution in [2.24, 2.45) is 0 Å². The van der Waals surface area contributed by atoms with Crippen LogP contribution in [-0.4, -0.2) is 31.6 Å². The summed E-state index contributed by atoms with van der Waals surface area (Å²) < 4.78 is 21.7. The van der Waals surface area contributed by atoms with Gasteiger partial charge in [-0.1, -0.05) is 39.0 Å². The van der Waals surface area contributed by atoms with Crippen LogP contribution in [0, 0.1) is 0 Å². The van der Waals surface area contributed by atoms with Gasteiger partial charge in [-0.25, -0.2) is 8.42 Å². The van der Waals surface area contributed by atoms with Crippen molar-refractivity contribution in [3.8, 4) is 0 Å². The van der Waals surface area contributed by atoms with E-state index < -0.39 is 9.84 Å². The Morgan fingerprint density at radius 3 is 2.12 bits per heavy atom.